The van der Waals surface area contributed by atoms with Crippen LogP contribution >= 0.6 is 0 Å². The SMILES string of the molecule is CCCCCCCC[Si](C)(O[Si](C)(C)C)c1ccccc1. The topological polar surface area (TPSA) is 9.23 Å². The predicted octanol–water partition coefficient (Wildman–Crippen LogP) is 5.68. The summed E-state index contributed by atoms with van der Waals surface area (Å²) in [6.07, 6.45) is 8.19. The molecule has 0 aliphatic heterocycles. The van der Waals surface area contributed by atoms with Gasteiger partial charge in [0.05, 0.1) is 0 Å². The normalized spacial score (nSPS) is 14.9. The zero-order valence-corrected chi connectivity index (χ0v) is 16.7. The Morgan fingerprint density at radius 3 is 1.95 bits per heavy atom. The molecule has 1 unspecified atom stereocenters. The number of hydrogen-bond donors (Lipinski definition) is 0. The summed E-state index contributed by atoms with van der Waals surface area (Å²) in [6.45, 7) is 11.7. The van der Waals surface area contributed by atoms with E-state index in [-0.39, 0.29) is 0 Å². The van der Waals surface area contributed by atoms with Crippen LogP contribution in [0.5, 0.6) is 0 Å². The fraction of sp³-hybridized carbons (Fsp3) is 0.667. The lowest BCUT2D eigenvalue weighted by molar-refractivity contribution is 0.543. The summed E-state index contributed by atoms with van der Waals surface area (Å²) in [5, 5.41) is 1.47. The first-order chi connectivity index (χ1) is 9.87. The van der Waals surface area contributed by atoms with Gasteiger partial charge in [-0.1, -0.05) is 75.8 Å². The minimum absolute atomic E-state index is 1.27. The molecule has 0 aliphatic rings. The molecule has 0 aliphatic carbocycles. The molecule has 0 amide bonds. The Morgan fingerprint density at radius 2 is 1.38 bits per heavy atom. The van der Waals surface area contributed by atoms with Crippen LogP contribution in [0.3, 0.4) is 0 Å². The second-order valence-corrected chi connectivity index (χ2v) is 15.9. The van der Waals surface area contributed by atoms with Crippen molar-refractivity contribution in [3.05, 3.63) is 30.3 Å². The molecule has 1 atom stereocenters. The molecule has 1 rings (SSSR count). The number of benzene rings is 1. The Hall–Kier alpha value is -0.386. The third kappa shape index (κ3) is 7.43. The summed E-state index contributed by atoms with van der Waals surface area (Å²) in [5.74, 6) is 0. The Morgan fingerprint density at radius 1 is 0.810 bits per heavy atom. The van der Waals surface area contributed by atoms with Crippen molar-refractivity contribution in [3.63, 3.8) is 0 Å². The average molecular weight is 323 g/mol. The van der Waals surface area contributed by atoms with Gasteiger partial charge in [-0.3, -0.25) is 0 Å². The van der Waals surface area contributed by atoms with Crippen molar-refractivity contribution in [2.24, 2.45) is 0 Å². The number of rotatable bonds is 10. The van der Waals surface area contributed by atoms with E-state index in [1.54, 1.807) is 0 Å². The highest BCUT2D eigenvalue weighted by molar-refractivity contribution is 6.92. The molecule has 1 aromatic carbocycles. The lowest BCUT2D eigenvalue weighted by Gasteiger charge is -2.35. The van der Waals surface area contributed by atoms with Crippen molar-refractivity contribution in [3.8, 4) is 0 Å². The number of hydrogen-bond acceptors (Lipinski definition) is 1. The van der Waals surface area contributed by atoms with Gasteiger partial charge in [-0.05, 0) is 37.4 Å². The first-order valence-corrected chi connectivity index (χ1v) is 14.7. The van der Waals surface area contributed by atoms with E-state index in [0.717, 1.165) is 0 Å². The van der Waals surface area contributed by atoms with E-state index in [0.29, 0.717) is 0 Å². The molecule has 0 saturated carbocycles. The summed E-state index contributed by atoms with van der Waals surface area (Å²) in [4.78, 5) is 0. The van der Waals surface area contributed by atoms with Crippen LogP contribution < -0.4 is 5.19 Å². The molecule has 0 heterocycles. The van der Waals surface area contributed by atoms with Crippen molar-refractivity contribution in [2.45, 2.75) is 77.7 Å². The van der Waals surface area contributed by atoms with Crippen molar-refractivity contribution >= 4 is 21.8 Å². The Balaban J connectivity index is 2.61. The van der Waals surface area contributed by atoms with Crippen LogP contribution in [-0.4, -0.2) is 16.6 Å². The highest BCUT2D eigenvalue weighted by atomic mass is 28.4. The molecule has 0 bridgehead atoms. The van der Waals surface area contributed by atoms with Gasteiger partial charge in [0.1, 0.15) is 0 Å². The monoisotopic (exact) mass is 322 g/mol. The molecular weight excluding hydrogens is 288 g/mol. The van der Waals surface area contributed by atoms with Crippen LogP contribution in [0.15, 0.2) is 30.3 Å². The molecule has 0 N–H and O–H groups in total. The average Bonchev–Trinajstić information content (AvgIpc) is 2.42. The zero-order chi connectivity index (χ0) is 15.8. The molecule has 0 fully saturated rings. The summed E-state index contributed by atoms with van der Waals surface area (Å²) in [7, 11) is -3.26. The molecule has 0 saturated heterocycles. The highest BCUT2D eigenvalue weighted by Gasteiger charge is 2.35. The highest BCUT2D eigenvalue weighted by Crippen LogP contribution is 2.22. The van der Waals surface area contributed by atoms with Gasteiger partial charge < -0.3 is 4.12 Å². The van der Waals surface area contributed by atoms with Gasteiger partial charge in [-0.25, -0.2) is 0 Å². The Kier molecular flexibility index (Phi) is 7.92. The largest absolute Gasteiger partial charge is 0.452 e. The van der Waals surface area contributed by atoms with E-state index in [2.05, 4.69) is 63.4 Å². The van der Waals surface area contributed by atoms with Gasteiger partial charge in [0, 0.05) is 0 Å². The van der Waals surface area contributed by atoms with E-state index >= 15 is 0 Å². The van der Waals surface area contributed by atoms with E-state index in [1.165, 1.54) is 49.8 Å². The Labute approximate surface area is 134 Å². The number of unbranched alkanes of at least 4 members (excludes halogenated alkanes) is 5. The molecule has 1 nitrogen and oxygen atoms in total. The van der Waals surface area contributed by atoms with Crippen LogP contribution in [0, 0.1) is 0 Å². The zero-order valence-electron chi connectivity index (χ0n) is 14.7. The van der Waals surface area contributed by atoms with Crippen LogP contribution in [0.25, 0.3) is 0 Å². The lowest BCUT2D eigenvalue weighted by Crippen LogP contribution is -2.53. The second kappa shape index (κ2) is 8.91. The van der Waals surface area contributed by atoms with Gasteiger partial charge in [-0.2, -0.15) is 0 Å². The summed E-state index contributed by atoms with van der Waals surface area (Å²) in [6, 6.07) is 12.3. The van der Waals surface area contributed by atoms with E-state index in [9.17, 15) is 0 Å². The van der Waals surface area contributed by atoms with Crippen molar-refractivity contribution in [2.75, 3.05) is 0 Å². The third-order valence-corrected chi connectivity index (χ3v) is 11.0. The molecule has 0 aromatic heterocycles. The molecule has 0 radical (unpaired) electrons. The standard InChI is InChI=1S/C18H34OSi2/c1-6-7-8-9-10-14-17-21(5,19-20(2,3)4)18-15-12-11-13-16-18/h11-13,15-16H,6-10,14,17H2,1-5H3. The van der Waals surface area contributed by atoms with E-state index < -0.39 is 16.6 Å². The lowest BCUT2D eigenvalue weighted by atomic mass is 10.1. The van der Waals surface area contributed by atoms with Crippen LogP contribution in [0.4, 0.5) is 0 Å². The molecule has 1 aromatic rings. The second-order valence-electron chi connectivity index (χ2n) is 7.33. The quantitative estimate of drug-likeness (QED) is 0.398. The fourth-order valence-electron chi connectivity index (χ4n) is 2.96. The van der Waals surface area contributed by atoms with Crippen LogP contribution in [0.2, 0.25) is 32.2 Å². The molecule has 21 heavy (non-hydrogen) atoms. The van der Waals surface area contributed by atoms with E-state index in [1.807, 2.05) is 0 Å². The Bertz CT molecular complexity index is 386. The van der Waals surface area contributed by atoms with Gasteiger partial charge >= 0.3 is 0 Å². The summed E-state index contributed by atoms with van der Waals surface area (Å²) < 4.78 is 6.72. The smallest absolute Gasteiger partial charge is 0.209 e. The van der Waals surface area contributed by atoms with Crippen LogP contribution in [0.1, 0.15) is 45.4 Å². The predicted molar refractivity (Wildman–Crippen MR) is 100 cm³/mol. The summed E-state index contributed by atoms with van der Waals surface area (Å²) >= 11 is 0. The minimum atomic E-state index is -1.77. The third-order valence-electron chi connectivity index (χ3n) is 3.92. The van der Waals surface area contributed by atoms with Crippen molar-refractivity contribution in [1.29, 1.82) is 0 Å². The summed E-state index contributed by atoms with van der Waals surface area (Å²) in [5.41, 5.74) is 0. The fourth-order valence-corrected chi connectivity index (χ4v) is 11.4. The first kappa shape index (κ1) is 18.7. The van der Waals surface area contributed by atoms with Gasteiger partial charge in [0.2, 0.25) is 8.32 Å². The maximum Gasteiger partial charge on any atom is 0.209 e. The van der Waals surface area contributed by atoms with Gasteiger partial charge in [0.25, 0.3) is 0 Å². The molecular formula is C18H34OSi2. The molecule has 0 spiro atoms. The first-order valence-electron chi connectivity index (χ1n) is 8.63. The molecule has 3 heteroatoms. The van der Waals surface area contributed by atoms with E-state index in [4.69, 9.17) is 4.12 Å². The minimum Gasteiger partial charge on any atom is -0.452 e. The van der Waals surface area contributed by atoms with Gasteiger partial charge in [0.15, 0.2) is 8.32 Å². The van der Waals surface area contributed by atoms with Crippen molar-refractivity contribution in [1.82, 2.24) is 0 Å². The van der Waals surface area contributed by atoms with Crippen LogP contribution in [-0.2, 0) is 4.12 Å². The van der Waals surface area contributed by atoms with Gasteiger partial charge in [-0.15, -0.1) is 0 Å². The molecule has 120 valence electrons. The van der Waals surface area contributed by atoms with Crippen molar-refractivity contribution < 1.29 is 4.12 Å². The maximum absolute atomic E-state index is 6.72. The maximum atomic E-state index is 6.72.